The highest BCUT2D eigenvalue weighted by atomic mass is 16.3. The molecule has 0 aliphatic rings. The van der Waals surface area contributed by atoms with E-state index in [4.69, 9.17) is 8.83 Å². The van der Waals surface area contributed by atoms with Gasteiger partial charge < -0.3 is 30.1 Å². The maximum Gasteiger partial charge on any atom is 0.251 e. The van der Waals surface area contributed by atoms with Gasteiger partial charge in [-0.15, -0.1) is 0 Å². The summed E-state index contributed by atoms with van der Waals surface area (Å²) < 4.78 is 10.4. The molecule has 4 amide bonds. The molecule has 0 saturated carbocycles. The molecule has 0 atom stereocenters. The van der Waals surface area contributed by atoms with Gasteiger partial charge in [-0.3, -0.25) is 19.2 Å². The molecule has 0 radical (unpaired) electrons. The van der Waals surface area contributed by atoms with Gasteiger partial charge in [0.2, 0.25) is 11.8 Å². The molecule has 2 aromatic heterocycles. The Labute approximate surface area is 231 Å². The Bertz CT molecular complexity index is 1320. The van der Waals surface area contributed by atoms with Gasteiger partial charge in [-0.05, 0) is 73.5 Å². The molecular formula is C30H30N4O6. The summed E-state index contributed by atoms with van der Waals surface area (Å²) in [5.74, 6) is 0.314. The van der Waals surface area contributed by atoms with Gasteiger partial charge in [-0.2, -0.15) is 0 Å². The average molecular weight is 543 g/mol. The molecule has 4 N–H and O–H groups in total. The Morgan fingerprint density at radius 1 is 0.575 bits per heavy atom. The summed E-state index contributed by atoms with van der Waals surface area (Å²) in [5, 5.41) is 11.1. The Morgan fingerprint density at radius 3 is 1.43 bits per heavy atom. The SMILES string of the molecule is O=C(CCCCC(=O)Nc1cccc(C(=O)NCc2ccco2)c1)Nc1cccc(C(=O)NCc2ccco2)c1. The molecule has 0 saturated heterocycles. The lowest BCUT2D eigenvalue weighted by molar-refractivity contribution is -0.118. The zero-order valence-corrected chi connectivity index (χ0v) is 21.8. The molecule has 4 rings (SSSR count). The number of hydrogen-bond acceptors (Lipinski definition) is 6. The van der Waals surface area contributed by atoms with E-state index >= 15 is 0 Å². The zero-order chi connectivity index (χ0) is 28.2. The van der Waals surface area contributed by atoms with E-state index in [1.54, 1.807) is 72.8 Å². The molecule has 0 spiro atoms. The summed E-state index contributed by atoms with van der Waals surface area (Å²) in [6.45, 7) is 0.534. The van der Waals surface area contributed by atoms with Crippen molar-refractivity contribution < 1.29 is 28.0 Å². The van der Waals surface area contributed by atoms with Gasteiger partial charge in [0, 0.05) is 35.3 Å². The van der Waals surface area contributed by atoms with Crippen molar-refractivity contribution in [2.24, 2.45) is 0 Å². The Hall–Kier alpha value is -5.12. The lowest BCUT2D eigenvalue weighted by atomic mass is 10.1. The van der Waals surface area contributed by atoms with E-state index in [9.17, 15) is 19.2 Å². The van der Waals surface area contributed by atoms with Crippen LogP contribution in [0.4, 0.5) is 11.4 Å². The van der Waals surface area contributed by atoms with E-state index < -0.39 is 0 Å². The zero-order valence-electron chi connectivity index (χ0n) is 21.8. The van der Waals surface area contributed by atoms with Crippen LogP contribution < -0.4 is 21.3 Å². The first-order valence-electron chi connectivity index (χ1n) is 12.9. The monoisotopic (exact) mass is 542 g/mol. The summed E-state index contributed by atoms with van der Waals surface area (Å²) in [6, 6.07) is 20.4. The van der Waals surface area contributed by atoms with Crippen molar-refractivity contribution in [1.82, 2.24) is 10.6 Å². The summed E-state index contributed by atoms with van der Waals surface area (Å²) in [6.07, 6.45) is 4.56. The van der Waals surface area contributed by atoms with Crippen LogP contribution in [0, 0.1) is 0 Å². The normalized spacial score (nSPS) is 10.5. The highest BCUT2D eigenvalue weighted by molar-refractivity contribution is 5.98. The van der Waals surface area contributed by atoms with Crippen LogP contribution in [0.15, 0.2) is 94.2 Å². The van der Waals surface area contributed by atoms with Crippen LogP contribution in [0.3, 0.4) is 0 Å². The topological polar surface area (TPSA) is 143 Å². The smallest absolute Gasteiger partial charge is 0.251 e. The third kappa shape index (κ3) is 8.73. The molecule has 206 valence electrons. The summed E-state index contributed by atoms with van der Waals surface area (Å²) in [5.41, 5.74) is 1.86. The highest BCUT2D eigenvalue weighted by Crippen LogP contribution is 2.14. The molecule has 0 aliphatic carbocycles. The van der Waals surface area contributed by atoms with Crippen LogP contribution in [0.5, 0.6) is 0 Å². The van der Waals surface area contributed by atoms with Gasteiger partial charge in [-0.25, -0.2) is 0 Å². The number of unbranched alkanes of at least 4 members (excludes halogenated alkanes) is 1. The van der Waals surface area contributed by atoms with Crippen LogP contribution in [-0.2, 0) is 22.7 Å². The Morgan fingerprint density at radius 2 is 1.02 bits per heavy atom. The molecule has 10 heteroatoms. The minimum atomic E-state index is -0.279. The summed E-state index contributed by atoms with van der Waals surface area (Å²) >= 11 is 0. The van der Waals surface area contributed by atoms with E-state index in [1.807, 2.05) is 0 Å². The summed E-state index contributed by atoms with van der Waals surface area (Å²) in [7, 11) is 0. The van der Waals surface area contributed by atoms with Crippen molar-refractivity contribution in [2.75, 3.05) is 10.6 Å². The van der Waals surface area contributed by atoms with E-state index in [-0.39, 0.29) is 49.6 Å². The van der Waals surface area contributed by atoms with Crippen LogP contribution in [-0.4, -0.2) is 23.6 Å². The van der Waals surface area contributed by atoms with Crippen molar-refractivity contribution in [3.8, 4) is 0 Å². The van der Waals surface area contributed by atoms with Crippen LogP contribution >= 0.6 is 0 Å². The molecule has 0 unspecified atom stereocenters. The second-order valence-electron chi connectivity index (χ2n) is 8.99. The number of hydrogen-bond donors (Lipinski definition) is 4. The Kier molecular flexibility index (Phi) is 9.87. The lowest BCUT2D eigenvalue weighted by Gasteiger charge is -2.09. The maximum absolute atomic E-state index is 12.4. The largest absolute Gasteiger partial charge is 0.467 e. The van der Waals surface area contributed by atoms with Gasteiger partial charge in [0.25, 0.3) is 11.8 Å². The van der Waals surface area contributed by atoms with Crippen molar-refractivity contribution in [3.63, 3.8) is 0 Å². The van der Waals surface area contributed by atoms with Crippen molar-refractivity contribution >= 4 is 35.0 Å². The minimum Gasteiger partial charge on any atom is -0.467 e. The molecule has 40 heavy (non-hydrogen) atoms. The molecule has 2 heterocycles. The number of benzene rings is 2. The van der Waals surface area contributed by atoms with Gasteiger partial charge in [0.15, 0.2) is 0 Å². The highest BCUT2D eigenvalue weighted by Gasteiger charge is 2.11. The second kappa shape index (κ2) is 14.1. The first-order valence-corrected chi connectivity index (χ1v) is 12.9. The number of rotatable bonds is 13. The Balaban J connectivity index is 1.15. The number of amides is 4. The fraction of sp³-hybridized carbons (Fsp3) is 0.200. The molecule has 0 bridgehead atoms. The van der Waals surface area contributed by atoms with Gasteiger partial charge in [-0.1, -0.05) is 12.1 Å². The molecule has 2 aromatic carbocycles. The van der Waals surface area contributed by atoms with Crippen molar-refractivity contribution in [1.29, 1.82) is 0 Å². The quantitative estimate of drug-likeness (QED) is 0.178. The number of nitrogens with one attached hydrogen (secondary N) is 4. The van der Waals surface area contributed by atoms with E-state index in [1.165, 1.54) is 12.5 Å². The first-order chi connectivity index (χ1) is 19.5. The number of furan rings is 2. The predicted molar refractivity (Wildman–Crippen MR) is 148 cm³/mol. The van der Waals surface area contributed by atoms with Crippen molar-refractivity contribution in [3.05, 3.63) is 108 Å². The van der Waals surface area contributed by atoms with Crippen LogP contribution in [0.25, 0.3) is 0 Å². The van der Waals surface area contributed by atoms with Crippen molar-refractivity contribution in [2.45, 2.75) is 38.8 Å². The van der Waals surface area contributed by atoms with E-state index in [0.717, 1.165) is 0 Å². The van der Waals surface area contributed by atoms with E-state index in [2.05, 4.69) is 21.3 Å². The number of carbonyl (C=O) groups excluding carboxylic acids is 4. The lowest BCUT2D eigenvalue weighted by Crippen LogP contribution is -2.22. The fourth-order valence-electron chi connectivity index (χ4n) is 3.86. The fourth-order valence-corrected chi connectivity index (χ4v) is 3.86. The average Bonchev–Trinajstić information content (AvgIpc) is 3.68. The molecule has 0 aliphatic heterocycles. The second-order valence-corrected chi connectivity index (χ2v) is 8.99. The molecule has 0 fully saturated rings. The van der Waals surface area contributed by atoms with Crippen LogP contribution in [0.1, 0.15) is 57.9 Å². The number of carbonyl (C=O) groups is 4. The summed E-state index contributed by atoms with van der Waals surface area (Å²) in [4.78, 5) is 49.5. The molecular weight excluding hydrogens is 512 g/mol. The van der Waals surface area contributed by atoms with Gasteiger partial charge >= 0.3 is 0 Å². The van der Waals surface area contributed by atoms with Gasteiger partial charge in [0.05, 0.1) is 25.6 Å². The standard InChI is InChI=1S/C30H30N4O6/c35-27(33-23-9-3-7-21(17-23)29(37)31-19-25-11-5-15-39-25)13-1-2-14-28(36)34-24-10-4-8-22(18-24)30(38)32-20-26-12-6-16-40-26/h3-12,15-18H,1-2,13-14,19-20H2,(H,31,37)(H,32,38)(H,33,35)(H,34,36). The molecule has 4 aromatic rings. The van der Waals surface area contributed by atoms with Gasteiger partial charge in [0.1, 0.15) is 11.5 Å². The third-order valence-corrected chi connectivity index (χ3v) is 5.88. The maximum atomic E-state index is 12.4. The third-order valence-electron chi connectivity index (χ3n) is 5.88. The number of anilines is 2. The van der Waals surface area contributed by atoms with E-state index in [0.29, 0.717) is 46.9 Å². The minimum absolute atomic E-state index is 0.207. The molecule has 10 nitrogen and oxygen atoms in total. The van der Waals surface area contributed by atoms with Crippen LogP contribution in [0.2, 0.25) is 0 Å². The first kappa shape index (κ1) is 27.9. The predicted octanol–water partition coefficient (Wildman–Crippen LogP) is 4.87.